The largest absolute Gasteiger partial charge is 0.393 e. The normalized spacial score (nSPS) is 26.0. The molecule has 0 heterocycles. The van der Waals surface area contributed by atoms with Crippen molar-refractivity contribution in [2.45, 2.75) is 89.3 Å². The molecule has 2 aromatic carbocycles. The van der Waals surface area contributed by atoms with Gasteiger partial charge in [-0.2, -0.15) is 4.31 Å². The highest BCUT2D eigenvalue weighted by molar-refractivity contribution is 7.88. The van der Waals surface area contributed by atoms with Crippen LogP contribution in [0.3, 0.4) is 0 Å². The van der Waals surface area contributed by atoms with Gasteiger partial charge in [0.05, 0.1) is 18.0 Å². The maximum absolute atomic E-state index is 14.8. The number of halogens is 2. The van der Waals surface area contributed by atoms with Crippen LogP contribution in [0.5, 0.6) is 0 Å². The molecule has 10 heteroatoms. The van der Waals surface area contributed by atoms with Crippen LogP contribution in [0.15, 0.2) is 48.0 Å². The lowest BCUT2D eigenvalue weighted by Gasteiger charge is -2.45. The Bertz CT molecular complexity index is 1490. The summed E-state index contributed by atoms with van der Waals surface area (Å²) in [5, 5.41) is 23.5. The fraction of sp³-hybridized carbons (Fsp3) is 0.571. The molecule has 1 saturated carbocycles. The van der Waals surface area contributed by atoms with E-state index < -0.39 is 33.0 Å². The summed E-state index contributed by atoms with van der Waals surface area (Å²) in [6, 6.07) is 9.97. The maximum atomic E-state index is 14.8. The van der Waals surface area contributed by atoms with Crippen LogP contribution < -0.4 is 0 Å². The second-order valence-electron chi connectivity index (χ2n) is 13.2. The number of fused-ring (bicyclic) bond motifs is 8. The van der Waals surface area contributed by atoms with E-state index in [2.05, 4.69) is 6.08 Å². The van der Waals surface area contributed by atoms with Gasteiger partial charge < -0.3 is 14.9 Å². The summed E-state index contributed by atoms with van der Waals surface area (Å²) in [6.07, 6.45) is 6.69. The number of Topliss-reactive ketones (excluding diaryl/α,β-unsaturated/α-hetero) is 1. The van der Waals surface area contributed by atoms with E-state index >= 15 is 0 Å². The van der Waals surface area contributed by atoms with Crippen molar-refractivity contribution >= 4 is 27.4 Å². The minimum absolute atomic E-state index is 0.0658. The number of ketones is 1. The summed E-state index contributed by atoms with van der Waals surface area (Å²) >= 11 is 6.31. The number of hydrogen-bond acceptors (Lipinski definition) is 6. The molecule has 0 aromatic heterocycles. The van der Waals surface area contributed by atoms with E-state index in [0.717, 1.165) is 23.0 Å². The number of hydrogen-bond donors (Lipinski definition) is 2. The summed E-state index contributed by atoms with van der Waals surface area (Å²) in [4.78, 5) is 14.0. The number of allylic oxidation sites excluding steroid dienone is 2. The number of aliphatic hydroxyl groups is 2. The Morgan fingerprint density at radius 3 is 2.64 bits per heavy atom. The number of aliphatic hydroxyl groups excluding tert-OH is 1. The Hall–Kier alpha value is -2.14. The number of carbonyl (C=O) groups excluding carboxylic acids is 1. The van der Waals surface area contributed by atoms with Gasteiger partial charge in [0.15, 0.2) is 5.78 Å². The fourth-order valence-corrected chi connectivity index (χ4v) is 8.38. The molecule has 2 aromatic rings. The number of rotatable bonds is 10. The van der Waals surface area contributed by atoms with Gasteiger partial charge in [0.25, 0.3) is 0 Å². The molecule has 45 heavy (non-hydrogen) atoms. The number of methoxy groups -OCH3 is 1. The molecule has 0 amide bonds. The Labute approximate surface area is 272 Å². The first-order valence-electron chi connectivity index (χ1n) is 15.8. The quantitative estimate of drug-likeness (QED) is 0.177. The maximum Gasteiger partial charge on any atom is 0.211 e. The molecule has 0 radical (unpaired) electrons. The molecule has 0 aliphatic heterocycles. The van der Waals surface area contributed by atoms with Crippen LogP contribution in [0.1, 0.15) is 91.8 Å². The molecule has 1 fully saturated rings. The first kappa shape index (κ1) is 35.7. The highest BCUT2D eigenvalue weighted by Crippen LogP contribution is 2.59. The van der Waals surface area contributed by atoms with Crippen LogP contribution in [0, 0.1) is 11.2 Å². The SMILES string of the molecule is COCCCN(CC1(O)CCC2c3ccc(cc3C(=O)Cc3c(F)cccc3Cl)CC(O)CCC(C)=CCCC21C)S(C)(=O)=O. The number of ether oxygens (including phenoxy) is 1. The van der Waals surface area contributed by atoms with E-state index in [0.29, 0.717) is 63.5 Å². The molecule has 0 saturated heterocycles. The smallest absolute Gasteiger partial charge is 0.211 e. The van der Waals surface area contributed by atoms with Crippen LogP contribution >= 0.6 is 11.6 Å². The van der Waals surface area contributed by atoms with Gasteiger partial charge in [0, 0.05) is 54.8 Å². The summed E-state index contributed by atoms with van der Waals surface area (Å²) in [6.45, 7) is 4.60. The van der Waals surface area contributed by atoms with Crippen molar-refractivity contribution in [1.82, 2.24) is 4.31 Å². The molecule has 4 atom stereocenters. The summed E-state index contributed by atoms with van der Waals surface area (Å²) in [5.74, 6) is -1.14. The van der Waals surface area contributed by atoms with E-state index in [4.69, 9.17) is 16.3 Å². The fourth-order valence-electron chi connectivity index (χ4n) is 7.24. The predicted molar refractivity (Wildman–Crippen MR) is 176 cm³/mol. The van der Waals surface area contributed by atoms with E-state index in [1.165, 1.54) is 16.4 Å². The molecule has 5 rings (SSSR count). The molecular weight excluding hydrogens is 617 g/mol. The third-order valence-electron chi connectivity index (χ3n) is 10.0. The van der Waals surface area contributed by atoms with Gasteiger partial charge in [-0.1, -0.05) is 48.4 Å². The number of benzene rings is 2. The van der Waals surface area contributed by atoms with E-state index in [1.54, 1.807) is 19.2 Å². The van der Waals surface area contributed by atoms with Crippen molar-refractivity contribution in [2.75, 3.05) is 33.1 Å². The molecule has 7 nitrogen and oxygen atoms in total. The van der Waals surface area contributed by atoms with Crippen molar-refractivity contribution in [2.24, 2.45) is 5.41 Å². The van der Waals surface area contributed by atoms with Crippen molar-refractivity contribution in [3.63, 3.8) is 0 Å². The van der Waals surface area contributed by atoms with E-state index in [9.17, 15) is 27.8 Å². The summed E-state index contributed by atoms with van der Waals surface area (Å²) < 4.78 is 47.1. The lowest BCUT2D eigenvalue weighted by Crippen LogP contribution is -2.53. The Morgan fingerprint density at radius 2 is 1.96 bits per heavy atom. The van der Waals surface area contributed by atoms with Gasteiger partial charge in [-0.05, 0) is 93.5 Å². The van der Waals surface area contributed by atoms with Gasteiger partial charge in [-0.25, -0.2) is 12.8 Å². The van der Waals surface area contributed by atoms with E-state index in [1.807, 2.05) is 26.0 Å². The third kappa shape index (κ3) is 8.24. The Balaban J connectivity index is 1.82. The molecule has 4 unspecified atom stereocenters. The molecule has 2 N–H and O–H groups in total. The number of carbonyl (C=O) groups is 1. The van der Waals surface area contributed by atoms with Crippen LogP contribution in [0.25, 0.3) is 0 Å². The van der Waals surface area contributed by atoms with Crippen molar-refractivity contribution in [3.8, 4) is 0 Å². The topological polar surface area (TPSA) is 104 Å². The highest BCUT2D eigenvalue weighted by Gasteiger charge is 2.57. The third-order valence-corrected chi connectivity index (χ3v) is 11.6. The van der Waals surface area contributed by atoms with Crippen molar-refractivity contribution in [3.05, 3.63) is 81.1 Å². The average molecular weight is 664 g/mol. The highest BCUT2D eigenvalue weighted by atomic mass is 35.5. The van der Waals surface area contributed by atoms with Crippen molar-refractivity contribution in [1.29, 1.82) is 0 Å². The Morgan fingerprint density at radius 1 is 1.20 bits per heavy atom. The second-order valence-corrected chi connectivity index (χ2v) is 15.6. The number of sulfonamides is 1. The first-order valence-corrected chi connectivity index (χ1v) is 18.0. The molecule has 3 aliphatic rings. The zero-order chi connectivity index (χ0) is 33.0. The number of nitrogens with zero attached hydrogens (tertiary/aromatic N) is 1. The minimum Gasteiger partial charge on any atom is -0.393 e. The zero-order valence-corrected chi connectivity index (χ0v) is 28.4. The predicted octanol–water partition coefficient (Wildman–Crippen LogP) is 6.24. The molecule has 3 aliphatic carbocycles. The monoisotopic (exact) mass is 663 g/mol. The first-order chi connectivity index (χ1) is 21.2. The van der Waals surface area contributed by atoms with Crippen LogP contribution in [-0.2, 0) is 27.6 Å². The van der Waals surface area contributed by atoms with Gasteiger partial charge in [-0.15, -0.1) is 0 Å². The second kappa shape index (κ2) is 14.7. The Kier molecular flexibility index (Phi) is 11.7. The van der Waals surface area contributed by atoms with Gasteiger partial charge in [0.2, 0.25) is 10.0 Å². The lowest BCUT2D eigenvalue weighted by atomic mass is 9.64. The minimum atomic E-state index is -3.63. The van der Waals surface area contributed by atoms with Crippen LogP contribution in [0.4, 0.5) is 4.39 Å². The molecule has 0 spiro atoms. The van der Waals surface area contributed by atoms with Gasteiger partial charge >= 0.3 is 0 Å². The van der Waals surface area contributed by atoms with Crippen LogP contribution in [0.2, 0.25) is 5.02 Å². The average Bonchev–Trinajstić information content (AvgIpc) is 3.22. The zero-order valence-electron chi connectivity index (χ0n) is 26.8. The molecule has 2 bridgehead atoms. The molecular formula is C35H47ClFNO6S. The van der Waals surface area contributed by atoms with Gasteiger partial charge in [-0.3, -0.25) is 4.79 Å². The summed E-state index contributed by atoms with van der Waals surface area (Å²) in [7, 11) is -2.07. The van der Waals surface area contributed by atoms with Crippen molar-refractivity contribution < 1.29 is 32.6 Å². The standard InChI is InChI=1S/C35H47ClFNO6S/c1-24-8-6-16-34(2)30(15-17-35(34,41)23-38(45(4,42)43)18-7-19-44-3)27-14-12-25(20-26(39)13-11-24)21-28(27)33(40)22-29-31(36)9-5-10-32(29)37/h5,8-10,12,14,21,26,30,39,41H,6-7,11,13,15-20,22-23H2,1-4H3. The molecule has 248 valence electrons. The van der Waals surface area contributed by atoms with E-state index in [-0.39, 0.29) is 41.8 Å². The van der Waals surface area contributed by atoms with Gasteiger partial charge in [0.1, 0.15) is 5.82 Å². The lowest BCUT2D eigenvalue weighted by molar-refractivity contribution is -0.0726. The van der Waals surface area contributed by atoms with Crippen LogP contribution in [-0.4, -0.2) is 73.5 Å². The summed E-state index contributed by atoms with van der Waals surface area (Å²) in [5.41, 5.74) is 1.05.